The third kappa shape index (κ3) is 3.96. The molecule has 108 valence electrons. The summed E-state index contributed by atoms with van der Waals surface area (Å²) < 4.78 is 3.23. The Hall–Kier alpha value is -0.593. The standard InChI is InChI=1S/C14H18Br2N2OSi/c1-20(2,3)10-9-19-18-13(15)12(17-14(18)16)11-7-5-4-6-8-11/h4-8H,9-10H2,1-3H3. The van der Waals surface area contributed by atoms with Crippen LogP contribution in [0.4, 0.5) is 0 Å². The molecule has 3 nitrogen and oxygen atoms in total. The number of halogens is 2. The molecule has 0 radical (unpaired) electrons. The first-order chi connectivity index (χ1) is 9.38. The lowest BCUT2D eigenvalue weighted by Gasteiger charge is -2.16. The van der Waals surface area contributed by atoms with E-state index in [4.69, 9.17) is 4.84 Å². The largest absolute Gasteiger partial charge is 0.411 e. The lowest BCUT2D eigenvalue weighted by atomic mass is 10.2. The molecule has 0 unspecified atom stereocenters. The predicted molar refractivity (Wildman–Crippen MR) is 92.7 cm³/mol. The van der Waals surface area contributed by atoms with Crippen molar-refractivity contribution in [1.82, 2.24) is 9.71 Å². The van der Waals surface area contributed by atoms with E-state index in [1.165, 1.54) is 0 Å². The van der Waals surface area contributed by atoms with Crippen molar-refractivity contribution in [3.63, 3.8) is 0 Å². The van der Waals surface area contributed by atoms with Crippen LogP contribution in [0.1, 0.15) is 0 Å². The van der Waals surface area contributed by atoms with Gasteiger partial charge in [-0.3, -0.25) is 0 Å². The van der Waals surface area contributed by atoms with E-state index in [0.29, 0.717) is 11.3 Å². The van der Waals surface area contributed by atoms with Gasteiger partial charge in [-0.2, -0.15) is 0 Å². The summed E-state index contributed by atoms with van der Waals surface area (Å²) in [5.41, 5.74) is 1.94. The zero-order valence-corrected chi connectivity index (χ0v) is 16.0. The SMILES string of the molecule is C[Si](C)(C)CCOn1c(Br)nc(-c2ccccc2)c1Br. The van der Waals surface area contributed by atoms with Crippen LogP contribution in [-0.2, 0) is 0 Å². The van der Waals surface area contributed by atoms with Gasteiger partial charge in [-0.1, -0.05) is 50.0 Å². The molecule has 0 saturated heterocycles. The second-order valence-electron chi connectivity index (χ2n) is 5.82. The zero-order valence-electron chi connectivity index (χ0n) is 11.9. The molecule has 0 bridgehead atoms. The maximum Gasteiger partial charge on any atom is 0.213 e. The fourth-order valence-electron chi connectivity index (χ4n) is 1.69. The van der Waals surface area contributed by atoms with E-state index in [0.717, 1.165) is 21.9 Å². The second kappa shape index (κ2) is 6.45. The Labute approximate surface area is 137 Å². The summed E-state index contributed by atoms with van der Waals surface area (Å²) in [6.07, 6.45) is 0. The van der Waals surface area contributed by atoms with Crippen LogP contribution in [0.2, 0.25) is 25.7 Å². The van der Waals surface area contributed by atoms with Gasteiger partial charge in [0.15, 0.2) is 4.60 Å². The maximum absolute atomic E-state index is 5.84. The van der Waals surface area contributed by atoms with Crippen molar-refractivity contribution in [1.29, 1.82) is 0 Å². The molecule has 0 aliphatic rings. The fourth-order valence-corrected chi connectivity index (χ4v) is 3.68. The Morgan fingerprint density at radius 2 is 1.80 bits per heavy atom. The molecular weight excluding hydrogens is 400 g/mol. The van der Waals surface area contributed by atoms with Crippen LogP contribution >= 0.6 is 31.9 Å². The minimum absolute atomic E-state index is 0.679. The van der Waals surface area contributed by atoms with Gasteiger partial charge in [0.25, 0.3) is 0 Å². The van der Waals surface area contributed by atoms with E-state index in [-0.39, 0.29) is 0 Å². The highest BCUT2D eigenvalue weighted by atomic mass is 79.9. The lowest BCUT2D eigenvalue weighted by Crippen LogP contribution is -2.25. The molecule has 0 N–H and O–H groups in total. The van der Waals surface area contributed by atoms with Crippen LogP contribution in [0.5, 0.6) is 0 Å². The van der Waals surface area contributed by atoms with Gasteiger partial charge < -0.3 is 4.84 Å². The van der Waals surface area contributed by atoms with Gasteiger partial charge in [-0.05, 0) is 37.9 Å². The van der Waals surface area contributed by atoms with Gasteiger partial charge in [0, 0.05) is 13.6 Å². The maximum atomic E-state index is 5.84. The number of aromatic nitrogens is 2. The van der Waals surface area contributed by atoms with Crippen molar-refractivity contribution < 1.29 is 4.84 Å². The first-order valence-corrected chi connectivity index (χ1v) is 11.8. The average Bonchev–Trinajstić information content (AvgIpc) is 2.66. The molecule has 2 aromatic rings. The van der Waals surface area contributed by atoms with Crippen molar-refractivity contribution in [2.45, 2.75) is 25.7 Å². The Kier molecular flexibility index (Phi) is 5.09. The Morgan fingerprint density at radius 3 is 2.40 bits per heavy atom. The summed E-state index contributed by atoms with van der Waals surface area (Å²) in [7, 11) is -1.09. The van der Waals surface area contributed by atoms with Crippen molar-refractivity contribution in [3.05, 3.63) is 39.7 Å². The van der Waals surface area contributed by atoms with Gasteiger partial charge in [-0.15, -0.1) is 4.73 Å². The van der Waals surface area contributed by atoms with Crippen molar-refractivity contribution in [3.8, 4) is 11.3 Å². The summed E-state index contributed by atoms with van der Waals surface area (Å²) in [6.45, 7) is 7.72. The van der Waals surface area contributed by atoms with Gasteiger partial charge >= 0.3 is 0 Å². The third-order valence-corrected chi connectivity index (χ3v) is 5.77. The Balaban J connectivity index is 2.18. The number of benzene rings is 1. The molecular formula is C14H18Br2N2OSi. The number of hydrogen-bond acceptors (Lipinski definition) is 2. The number of rotatable bonds is 5. The quantitative estimate of drug-likeness (QED) is 0.650. The highest BCUT2D eigenvalue weighted by molar-refractivity contribution is 9.11. The molecule has 0 fully saturated rings. The van der Waals surface area contributed by atoms with E-state index >= 15 is 0 Å². The number of nitrogens with zero attached hydrogens (tertiary/aromatic N) is 2. The van der Waals surface area contributed by atoms with E-state index in [1.54, 1.807) is 4.73 Å². The topological polar surface area (TPSA) is 27.1 Å². The van der Waals surface area contributed by atoms with Crippen molar-refractivity contribution >= 4 is 39.9 Å². The summed E-state index contributed by atoms with van der Waals surface area (Å²) in [5.74, 6) is 0. The van der Waals surface area contributed by atoms with Crippen molar-refractivity contribution in [2.75, 3.05) is 6.61 Å². The average molecular weight is 418 g/mol. The molecule has 0 aliphatic carbocycles. The molecule has 20 heavy (non-hydrogen) atoms. The van der Waals surface area contributed by atoms with Crippen LogP contribution in [0.3, 0.4) is 0 Å². The van der Waals surface area contributed by atoms with E-state index in [9.17, 15) is 0 Å². The van der Waals surface area contributed by atoms with E-state index < -0.39 is 8.07 Å². The van der Waals surface area contributed by atoms with Crippen molar-refractivity contribution in [2.24, 2.45) is 0 Å². The highest BCUT2D eigenvalue weighted by Crippen LogP contribution is 2.30. The highest BCUT2D eigenvalue weighted by Gasteiger charge is 2.18. The fraction of sp³-hybridized carbons (Fsp3) is 0.357. The molecule has 6 heteroatoms. The Bertz CT molecular complexity index is 579. The summed E-state index contributed by atoms with van der Waals surface area (Å²) in [5, 5.41) is 0. The van der Waals surface area contributed by atoms with Gasteiger partial charge in [0.2, 0.25) is 4.73 Å². The number of hydrogen-bond donors (Lipinski definition) is 0. The monoisotopic (exact) mass is 416 g/mol. The minimum Gasteiger partial charge on any atom is -0.411 e. The molecule has 1 aromatic heterocycles. The smallest absolute Gasteiger partial charge is 0.213 e. The molecule has 0 spiro atoms. The molecule has 2 rings (SSSR count). The summed E-state index contributed by atoms with van der Waals surface area (Å²) in [6, 6.07) is 11.2. The van der Waals surface area contributed by atoms with Crippen LogP contribution in [0, 0.1) is 0 Å². The van der Waals surface area contributed by atoms with E-state index in [2.05, 4.69) is 56.5 Å². The molecule has 1 aromatic carbocycles. The Morgan fingerprint density at radius 1 is 1.15 bits per heavy atom. The first-order valence-electron chi connectivity index (χ1n) is 6.51. The van der Waals surface area contributed by atoms with Gasteiger partial charge in [-0.25, -0.2) is 4.98 Å². The van der Waals surface area contributed by atoms with Crippen LogP contribution in [-0.4, -0.2) is 24.4 Å². The summed E-state index contributed by atoms with van der Waals surface area (Å²) >= 11 is 7.03. The zero-order chi connectivity index (χ0) is 14.8. The molecule has 0 atom stereocenters. The third-order valence-electron chi connectivity index (χ3n) is 2.87. The van der Waals surface area contributed by atoms with Gasteiger partial charge in [0.05, 0.1) is 0 Å². The van der Waals surface area contributed by atoms with E-state index in [1.807, 2.05) is 30.3 Å². The van der Waals surface area contributed by atoms with Gasteiger partial charge in [0.1, 0.15) is 12.3 Å². The minimum atomic E-state index is -1.09. The predicted octanol–water partition coefficient (Wildman–Crippen LogP) is 4.84. The van der Waals surface area contributed by atoms with Crippen LogP contribution < -0.4 is 4.84 Å². The molecule has 1 heterocycles. The van der Waals surface area contributed by atoms with Crippen LogP contribution in [0.15, 0.2) is 39.7 Å². The lowest BCUT2D eigenvalue weighted by molar-refractivity contribution is 0.111. The number of imidazole rings is 1. The molecule has 0 saturated carbocycles. The normalized spacial score (nSPS) is 11.7. The summed E-state index contributed by atoms with van der Waals surface area (Å²) in [4.78, 5) is 10.4. The first kappa shape index (κ1) is 15.8. The van der Waals surface area contributed by atoms with Crippen LogP contribution in [0.25, 0.3) is 11.3 Å². The molecule has 0 aliphatic heterocycles. The second-order valence-corrected chi connectivity index (χ2v) is 12.9. The molecule has 0 amide bonds.